The maximum atomic E-state index is 11.2. The molecule has 5 nitrogen and oxygen atoms in total. The molecule has 22 heavy (non-hydrogen) atoms. The van der Waals surface area contributed by atoms with Crippen molar-refractivity contribution in [2.24, 2.45) is 10.4 Å². The molecule has 0 saturated carbocycles. The van der Waals surface area contributed by atoms with Crippen molar-refractivity contribution in [1.82, 2.24) is 10.2 Å². The first-order valence-corrected chi connectivity index (χ1v) is 8.14. The van der Waals surface area contributed by atoms with Crippen LogP contribution in [0.1, 0.15) is 52.9 Å². The number of ether oxygens (including phenoxy) is 1. The summed E-state index contributed by atoms with van der Waals surface area (Å²) in [5.74, 6) is 0.729. The van der Waals surface area contributed by atoms with Gasteiger partial charge < -0.3 is 15.0 Å². The second kappa shape index (κ2) is 11.1. The second-order valence-corrected chi connectivity index (χ2v) is 6.15. The van der Waals surface area contributed by atoms with Gasteiger partial charge in [-0.2, -0.15) is 0 Å². The van der Waals surface area contributed by atoms with Gasteiger partial charge in [-0.3, -0.25) is 9.79 Å². The van der Waals surface area contributed by atoms with Gasteiger partial charge in [-0.05, 0) is 31.6 Å². The van der Waals surface area contributed by atoms with Crippen LogP contribution >= 0.6 is 24.0 Å². The van der Waals surface area contributed by atoms with Gasteiger partial charge in [0.25, 0.3) is 0 Å². The van der Waals surface area contributed by atoms with E-state index in [1.807, 2.05) is 0 Å². The minimum Gasteiger partial charge on any atom is -0.469 e. The van der Waals surface area contributed by atoms with E-state index in [2.05, 4.69) is 40.7 Å². The Morgan fingerprint density at radius 1 is 1.41 bits per heavy atom. The number of halogens is 1. The standard InChI is InChI=1S/C16H31N3O2.HI/c1-5-9-16(3)10-7-12-19(13-16)15(17-6-2)18-11-8-14(20)21-4;/h5-13H2,1-4H3,(H,17,18);1H. The summed E-state index contributed by atoms with van der Waals surface area (Å²) in [5, 5.41) is 3.35. The summed E-state index contributed by atoms with van der Waals surface area (Å²) >= 11 is 0. The molecule has 1 aliphatic rings. The van der Waals surface area contributed by atoms with Gasteiger partial charge in [-0.1, -0.05) is 20.3 Å². The quantitative estimate of drug-likeness (QED) is 0.308. The number of nitrogens with zero attached hydrogens (tertiary/aromatic N) is 2. The number of methoxy groups -OCH3 is 1. The van der Waals surface area contributed by atoms with Crippen molar-refractivity contribution in [2.45, 2.75) is 52.9 Å². The molecular formula is C16H32IN3O2. The topological polar surface area (TPSA) is 53.9 Å². The number of aliphatic imine (C=N–C) groups is 1. The lowest BCUT2D eigenvalue weighted by Crippen LogP contribution is -2.49. The maximum absolute atomic E-state index is 11.2. The number of hydrogen-bond donors (Lipinski definition) is 1. The molecule has 0 aromatic rings. The fraction of sp³-hybridized carbons (Fsp3) is 0.875. The van der Waals surface area contributed by atoms with E-state index in [-0.39, 0.29) is 29.9 Å². The van der Waals surface area contributed by atoms with Crippen molar-refractivity contribution in [3.63, 3.8) is 0 Å². The Morgan fingerprint density at radius 3 is 2.73 bits per heavy atom. The zero-order valence-corrected chi connectivity index (χ0v) is 16.8. The smallest absolute Gasteiger partial charge is 0.307 e. The largest absolute Gasteiger partial charge is 0.469 e. The Labute approximate surface area is 152 Å². The van der Waals surface area contributed by atoms with E-state index in [1.165, 1.54) is 32.8 Å². The van der Waals surface area contributed by atoms with Crippen molar-refractivity contribution >= 4 is 35.9 Å². The van der Waals surface area contributed by atoms with Crippen molar-refractivity contribution in [3.8, 4) is 0 Å². The zero-order valence-electron chi connectivity index (χ0n) is 14.5. The van der Waals surface area contributed by atoms with Crippen LogP contribution in [0.2, 0.25) is 0 Å². The van der Waals surface area contributed by atoms with E-state index in [4.69, 9.17) is 0 Å². The molecule has 130 valence electrons. The summed E-state index contributed by atoms with van der Waals surface area (Å²) in [6, 6.07) is 0. The number of nitrogens with one attached hydrogen (secondary N) is 1. The van der Waals surface area contributed by atoms with Crippen LogP contribution in [-0.4, -0.2) is 50.1 Å². The highest BCUT2D eigenvalue weighted by Crippen LogP contribution is 2.33. The van der Waals surface area contributed by atoms with Crippen LogP contribution in [0.15, 0.2) is 4.99 Å². The highest BCUT2D eigenvalue weighted by molar-refractivity contribution is 14.0. The monoisotopic (exact) mass is 425 g/mol. The van der Waals surface area contributed by atoms with E-state index >= 15 is 0 Å². The molecule has 1 atom stereocenters. The third kappa shape index (κ3) is 7.15. The van der Waals surface area contributed by atoms with E-state index in [0.29, 0.717) is 18.4 Å². The summed E-state index contributed by atoms with van der Waals surface area (Å²) in [4.78, 5) is 18.1. The van der Waals surface area contributed by atoms with Crippen molar-refractivity contribution in [3.05, 3.63) is 0 Å². The van der Waals surface area contributed by atoms with Gasteiger partial charge in [-0.15, -0.1) is 24.0 Å². The van der Waals surface area contributed by atoms with Gasteiger partial charge in [0.1, 0.15) is 0 Å². The van der Waals surface area contributed by atoms with Crippen LogP contribution in [0.4, 0.5) is 0 Å². The molecule has 0 aromatic heterocycles. The lowest BCUT2D eigenvalue weighted by Gasteiger charge is -2.42. The Balaban J connectivity index is 0.00000441. The molecule has 1 N–H and O–H groups in total. The van der Waals surface area contributed by atoms with E-state index < -0.39 is 0 Å². The molecule has 1 heterocycles. The summed E-state index contributed by atoms with van der Waals surface area (Å²) < 4.78 is 4.66. The summed E-state index contributed by atoms with van der Waals surface area (Å²) in [6.45, 7) is 10.1. The summed E-state index contributed by atoms with van der Waals surface area (Å²) in [6.07, 6.45) is 5.31. The molecule has 0 spiro atoms. The van der Waals surface area contributed by atoms with E-state index in [1.54, 1.807) is 0 Å². The molecule has 0 radical (unpaired) electrons. The highest BCUT2D eigenvalue weighted by atomic mass is 127. The fourth-order valence-electron chi connectivity index (χ4n) is 3.08. The predicted octanol–water partition coefficient (Wildman–Crippen LogP) is 3.04. The van der Waals surface area contributed by atoms with Gasteiger partial charge in [0.2, 0.25) is 0 Å². The van der Waals surface area contributed by atoms with Crippen LogP contribution in [0.5, 0.6) is 0 Å². The van der Waals surface area contributed by atoms with Crippen LogP contribution in [0.3, 0.4) is 0 Å². The van der Waals surface area contributed by atoms with Gasteiger partial charge >= 0.3 is 5.97 Å². The number of carbonyl (C=O) groups excluding carboxylic acids is 1. The van der Waals surface area contributed by atoms with E-state index in [9.17, 15) is 4.79 Å². The summed E-state index contributed by atoms with van der Waals surface area (Å²) in [5.41, 5.74) is 0.380. The number of rotatable bonds is 6. The SMILES string of the molecule is CCCC1(C)CCCN(C(=NCCC(=O)OC)NCC)C1.I. The first-order chi connectivity index (χ1) is 10.0. The number of hydrogen-bond acceptors (Lipinski definition) is 3. The molecule has 1 saturated heterocycles. The van der Waals surface area contributed by atoms with Gasteiger partial charge in [0.05, 0.1) is 20.1 Å². The molecular weight excluding hydrogens is 393 g/mol. The van der Waals surface area contributed by atoms with E-state index in [0.717, 1.165) is 25.6 Å². The third-order valence-electron chi connectivity index (χ3n) is 4.07. The molecule has 1 unspecified atom stereocenters. The third-order valence-corrected chi connectivity index (χ3v) is 4.07. The Morgan fingerprint density at radius 2 is 2.14 bits per heavy atom. The molecule has 0 aliphatic carbocycles. The average molecular weight is 425 g/mol. The maximum Gasteiger partial charge on any atom is 0.307 e. The number of carbonyl (C=O) groups is 1. The van der Waals surface area contributed by atoms with Gasteiger partial charge in [-0.25, -0.2) is 0 Å². The Kier molecular flexibility index (Phi) is 10.8. The van der Waals surface area contributed by atoms with Gasteiger partial charge in [0.15, 0.2) is 5.96 Å². The molecule has 0 aromatic carbocycles. The second-order valence-electron chi connectivity index (χ2n) is 6.15. The first kappa shape index (κ1) is 21.5. The molecule has 1 fully saturated rings. The molecule has 1 rings (SSSR count). The average Bonchev–Trinajstić information content (AvgIpc) is 2.46. The number of piperidine rings is 1. The van der Waals surface area contributed by atoms with Crippen molar-refractivity contribution in [1.29, 1.82) is 0 Å². The van der Waals surface area contributed by atoms with Crippen LogP contribution in [0.25, 0.3) is 0 Å². The van der Waals surface area contributed by atoms with Crippen LogP contribution in [-0.2, 0) is 9.53 Å². The molecule has 1 aliphatic heterocycles. The molecule has 0 bridgehead atoms. The fourth-order valence-corrected chi connectivity index (χ4v) is 3.08. The van der Waals surface area contributed by atoms with Crippen molar-refractivity contribution in [2.75, 3.05) is 33.3 Å². The minimum absolute atomic E-state index is 0. The molecule has 6 heteroatoms. The Bertz CT molecular complexity index is 359. The zero-order chi connectivity index (χ0) is 15.7. The molecule has 0 amide bonds. The minimum atomic E-state index is -0.205. The van der Waals surface area contributed by atoms with Gasteiger partial charge in [0, 0.05) is 19.6 Å². The summed E-state index contributed by atoms with van der Waals surface area (Å²) in [7, 11) is 1.41. The lowest BCUT2D eigenvalue weighted by molar-refractivity contribution is -0.140. The lowest BCUT2D eigenvalue weighted by atomic mass is 9.78. The van der Waals surface area contributed by atoms with Crippen LogP contribution < -0.4 is 5.32 Å². The predicted molar refractivity (Wildman–Crippen MR) is 102 cm³/mol. The number of esters is 1. The Hall–Kier alpha value is -0.530. The number of guanidine groups is 1. The number of likely N-dealkylation sites (tertiary alicyclic amines) is 1. The normalized spacial score (nSPS) is 22.0. The van der Waals surface area contributed by atoms with Crippen molar-refractivity contribution < 1.29 is 9.53 Å². The van der Waals surface area contributed by atoms with Crippen LogP contribution in [0, 0.1) is 5.41 Å². The first-order valence-electron chi connectivity index (χ1n) is 8.14. The highest BCUT2D eigenvalue weighted by Gasteiger charge is 2.31.